The summed E-state index contributed by atoms with van der Waals surface area (Å²) in [4.78, 5) is 6.84. The van der Waals surface area contributed by atoms with Gasteiger partial charge in [0, 0.05) is 38.8 Å². The van der Waals surface area contributed by atoms with Crippen molar-refractivity contribution < 1.29 is 0 Å². The third kappa shape index (κ3) is 4.74. The summed E-state index contributed by atoms with van der Waals surface area (Å²) in [6.45, 7) is 7.51. The molecule has 1 aromatic rings. The van der Waals surface area contributed by atoms with Gasteiger partial charge in [0.05, 0.1) is 0 Å². The van der Waals surface area contributed by atoms with Gasteiger partial charge in [-0.25, -0.2) is 0 Å². The third-order valence-electron chi connectivity index (χ3n) is 4.15. The average Bonchev–Trinajstić information content (AvgIpc) is 2.50. The SMILES string of the molecule is CCNC(=NC)NC1CCN(Cc2ccccc2)C(C)C1. The van der Waals surface area contributed by atoms with E-state index in [1.54, 1.807) is 0 Å². The smallest absolute Gasteiger partial charge is 0.191 e. The summed E-state index contributed by atoms with van der Waals surface area (Å²) < 4.78 is 0. The molecule has 4 nitrogen and oxygen atoms in total. The van der Waals surface area contributed by atoms with Gasteiger partial charge in [-0.3, -0.25) is 9.89 Å². The second-order valence-electron chi connectivity index (χ2n) is 5.77. The van der Waals surface area contributed by atoms with Crippen molar-refractivity contribution >= 4 is 5.96 Å². The third-order valence-corrected chi connectivity index (χ3v) is 4.15. The normalized spacial score (nSPS) is 23.9. The summed E-state index contributed by atoms with van der Waals surface area (Å²) in [6.07, 6.45) is 2.33. The molecule has 21 heavy (non-hydrogen) atoms. The van der Waals surface area contributed by atoms with Crippen molar-refractivity contribution in [2.75, 3.05) is 20.1 Å². The zero-order valence-corrected chi connectivity index (χ0v) is 13.5. The summed E-state index contributed by atoms with van der Waals surface area (Å²) in [7, 11) is 1.83. The van der Waals surface area contributed by atoms with Crippen LogP contribution in [0.2, 0.25) is 0 Å². The molecule has 116 valence electrons. The Labute approximate surface area is 128 Å². The number of piperidine rings is 1. The molecule has 0 aliphatic carbocycles. The van der Waals surface area contributed by atoms with E-state index in [9.17, 15) is 0 Å². The summed E-state index contributed by atoms with van der Waals surface area (Å²) in [5, 5.41) is 6.80. The minimum atomic E-state index is 0.518. The van der Waals surface area contributed by atoms with E-state index in [0.29, 0.717) is 12.1 Å². The number of aliphatic imine (C=N–C) groups is 1. The number of rotatable bonds is 4. The van der Waals surface area contributed by atoms with Crippen LogP contribution >= 0.6 is 0 Å². The Morgan fingerprint density at radius 1 is 1.33 bits per heavy atom. The fraction of sp³-hybridized carbons (Fsp3) is 0.588. The Morgan fingerprint density at radius 2 is 2.10 bits per heavy atom. The van der Waals surface area contributed by atoms with E-state index < -0.39 is 0 Å². The highest BCUT2D eigenvalue weighted by Crippen LogP contribution is 2.19. The van der Waals surface area contributed by atoms with Crippen LogP contribution in [0.15, 0.2) is 35.3 Å². The summed E-state index contributed by atoms with van der Waals surface area (Å²) in [6, 6.07) is 11.9. The minimum Gasteiger partial charge on any atom is -0.357 e. The predicted octanol–water partition coefficient (Wildman–Crippen LogP) is 2.22. The molecule has 0 radical (unpaired) electrons. The maximum Gasteiger partial charge on any atom is 0.191 e. The summed E-state index contributed by atoms with van der Waals surface area (Å²) >= 11 is 0. The van der Waals surface area contributed by atoms with Crippen molar-refractivity contribution in [3.63, 3.8) is 0 Å². The van der Waals surface area contributed by atoms with E-state index in [0.717, 1.165) is 32.0 Å². The second kappa shape index (κ2) is 8.03. The van der Waals surface area contributed by atoms with E-state index >= 15 is 0 Å². The zero-order valence-electron chi connectivity index (χ0n) is 13.5. The Morgan fingerprint density at radius 3 is 2.71 bits per heavy atom. The standard InChI is InChI=1S/C17H28N4/c1-4-19-17(18-3)20-16-10-11-21(14(2)12-16)13-15-8-6-5-7-9-15/h5-9,14,16H,4,10-13H2,1-3H3,(H2,18,19,20). The molecule has 2 atom stereocenters. The lowest BCUT2D eigenvalue weighted by Gasteiger charge is -2.38. The molecule has 1 saturated heterocycles. The van der Waals surface area contributed by atoms with Crippen molar-refractivity contribution in [2.45, 2.75) is 45.3 Å². The van der Waals surface area contributed by atoms with Crippen LogP contribution in [0.1, 0.15) is 32.3 Å². The molecule has 0 bridgehead atoms. The predicted molar refractivity (Wildman–Crippen MR) is 89.5 cm³/mol. The molecule has 4 heteroatoms. The molecular formula is C17H28N4. The van der Waals surface area contributed by atoms with Crippen LogP contribution < -0.4 is 10.6 Å². The lowest BCUT2D eigenvalue weighted by Crippen LogP contribution is -2.51. The van der Waals surface area contributed by atoms with Gasteiger partial charge in [0.1, 0.15) is 0 Å². The number of guanidine groups is 1. The van der Waals surface area contributed by atoms with Gasteiger partial charge >= 0.3 is 0 Å². The number of likely N-dealkylation sites (tertiary alicyclic amines) is 1. The number of nitrogens with one attached hydrogen (secondary N) is 2. The minimum absolute atomic E-state index is 0.518. The first-order chi connectivity index (χ1) is 10.2. The van der Waals surface area contributed by atoms with Gasteiger partial charge in [-0.2, -0.15) is 0 Å². The lowest BCUT2D eigenvalue weighted by atomic mass is 9.97. The van der Waals surface area contributed by atoms with E-state index in [-0.39, 0.29) is 0 Å². The van der Waals surface area contributed by atoms with E-state index in [4.69, 9.17) is 0 Å². The van der Waals surface area contributed by atoms with Gasteiger partial charge in [-0.05, 0) is 32.3 Å². The average molecular weight is 288 g/mol. The zero-order chi connectivity index (χ0) is 15.1. The van der Waals surface area contributed by atoms with Gasteiger partial charge in [0.15, 0.2) is 5.96 Å². The quantitative estimate of drug-likeness (QED) is 0.659. The molecule has 1 aliphatic heterocycles. The van der Waals surface area contributed by atoms with Crippen LogP contribution in [-0.2, 0) is 6.54 Å². The fourth-order valence-corrected chi connectivity index (χ4v) is 2.96. The van der Waals surface area contributed by atoms with Gasteiger partial charge in [0.25, 0.3) is 0 Å². The first-order valence-electron chi connectivity index (χ1n) is 7.98. The van der Waals surface area contributed by atoms with E-state index in [2.05, 4.69) is 64.7 Å². The van der Waals surface area contributed by atoms with Gasteiger partial charge in [-0.15, -0.1) is 0 Å². The Kier molecular flexibility index (Phi) is 6.05. The molecule has 1 heterocycles. The summed E-state index contributed by atoms with van der Waals surface area (Å²) in [5.41, 5.74) is 1.40. The largest absolute Gasteiger partial charge is 0.357 e. The summed E-state index contributed by atoms with van der Waals surface area (Å²) in [5.74, 6) is 0.922. The highest BCUT2D eigenvalue weighted by molar-refractivity contribution is 5.79. The maximum atomic E-state index is 4.26. The van der Waals surface area contributed by atoms with Crippen molar-refractivity contribution in [3.05, 3.63) is 35.9 Å². The number of nitrogens with zero attached hydrogens (tertiary/aromatic N) is 2. The molecule has 1 aromatic carbocycles. The molecule has 0 amide bonds. The molecule has 2 unspecified atom stereocenters. The molecule has 0 saturated carbocycles. The van der Waals surface area contributed by atoms with Gasteiger partial charge in [0.2, 0.25) is 0 Å². The molecule has 0 spiro atoms. The topological polar surface area (TPSA) is 39.7 Å². The van der Waals surface area contributed by atoms with Crippen LogP contribution in [0, 0.1) is 0 Å². The maximum absolute atomic E-state index is 4.26. The highest BCUT2D eigenvalue weighted by Gasteiger charge is 2.25. The van der Waals surface area contributed by atoms with Crippen LogP contribution in [-0.4, -0.2) is 43.1 Å². The van der Waals surface area contributed by atoms with E-state index in [1.807, 2.05) is 7.05 Å². The Bertz CT molecular complexity index is 443. The van der Waals surface area contributed by atoms with Crippen LogP contribution in [0.25, 0.3) is 0 Å². The van der Waals surface area contributed by atoms with Gasteiger partial charge in [-0.1, -0.05) is 30.3 Å². The first-order valence-corrected chi connectivity index (χ1v) is 7.98. The first kappa shape index (κ1) is 15.8. The number of hydrogen-bond acceptors (Lipinski definition) is 2. The number of hydrogen-bond donors (Lipinski definition) is 2. The number of benzene rings is 1. The second-order valence-corrected chi connectivity index (χ2v) is 5.77. The Balaban J connectivity index is 1.84. The molecule has 1 aliphatic rings. The van der Waals surface area contributed by atoms with Crippen molar-refractivity contribution in [3.8, 4) is 0 Å². The van der Waals surface area contributed by atoms with Crippen molar-refractivity contribution in [1.82, 2.24) is 15.5 Å². The molecular weight excluding hydrogens is 260 g/mol. The van der Waals surface area contributed by atoms with Gasteiger partial charge < -0.3 is 10.6 Å². The fourth-order valence-electron chi connectivity index (χ4n) is 2.96. The van der Waals surface area contributed by atoms with Crippen molar-refractivity contribution in [2.24, 2.45) is 4.99 Å². The molecule has 1 fully saturated rings. The molecule has 2 N–H and O–H groups in total. The van der Waals surface area contributed by atoms with Crippen LogP contribution in [0.3, 0.4) is 0 Å². The van der Waals surface area contributed by atoms with E-state index in [1.165, 1.54) is 12.0 Å². The highest BCUT2D eigenvalue weighted by atomic mass is 15.2. The Hall–Kier alpha value is -1.55. The monoisotopic (exact) mass is 288 g/mol. The van der Waals surface area contributed by atoms with Crippen molar-refractivity contribution in [1.29, 1.82) is 0 Å². The lowest BCUT2D eigenvalue weighted by molar-refractivity contribution is 0.134. The molecule has 2 rings (SSSR count). The van der Waals surface area contributed by atoms with Crippen LogP contribution in [0.4, 0.5) is 0 Å². The van der Waals surface area contributed by atoms with Crippen LogP contribution in [0.5, 0.6) is 0 Å². The molecule has 0 aromatic heterocycles.